The van der Waals surface area contributed by atoms with Gasteiger partial charge in [0, 0.05) is 18.0 Å². The number of nitrogen functional groups attached to an aromatic ring is 1. The Morgan fingerprint density at radius 2 is 2.33 bits per heavy atom. The number of pyridine rings is 1. The van der Waals surface area contributed by atoms with Gasteiger partial charge >= 0.3 is 0 Å². The molecule has 12 heavy (non-hydrogen) atoms. The Morgan fingerprint density at radius 3 is 3.08 bits per heavy atom. The zero-order valence-corrected chi connectivity index (χ0v) is 6.56. The van der Waals surface area contributed by atoms with Crippen LogP contribution in [0.5, 0.6) is 0 Å². The predicted octanol–water partition coefficient (Wildman–Crippen LogP) is 1.59. The third-order valence-electron chi connectivity index (χ3n) is 1.84. The van der Waals surface area contributed by atoms with E-state index in [-0.39, 0.29) is 5.82 Å². The summed E-state index contributed by atoms with van der Waals surface area (Å²) in [7, 11) is 0. The van der Waals surface area contributed by atoms with E-state index in [1.54, 1.807) is 13.1 Å². The molecule has 4 heteroatoms. The summed E-state index contributed by atoms with van der Waals surface area (Å²) in [5.74, 6) is -0.293. The minimum absolute atomic E-state index is 0.293. The highest BCUT2D eigenvalue weighted by molar-refractivity contribution is 5.89. The van der Waals surface area contributed by atoms with Gasteiger partial charge in [-0.05, 0) is 6.92 Å². The van der Waals surface area contributed by atoms with Crippen LogP contribution in [0.25, 0.3) is 11.0 Å². The second-order valence-corrected chi connectivity index (χ2v) is 2.72. The van der Waals surface area contributed by atoms with Crippen molar-refractivity contribution in [2.45, 2.75) is 6.92 Å². The molecule has 0 atom stereocenters. The summed E-state index contributed by atoms with van der Waals surface area (Å²) in [5.41, 5.74) is 6.94. The van der Waals surface area contributed by atoms with Crippen LogP contribution in [0.15, 0.2) is 12.4 Å². The van der Waals surface area contributed by atoms with Crippen LogP contribution in [-0.4, -0.2) is 9.97 Å². The molecule has 3 N–H and O–H groups in total. The molecule has 0 saturated heterocycles. The molecule has 0 spiro atoms. The molecule has 0 aromatic carbocycles. The largest absolute Gasteiger partial charge is 0.397 e. The molecule has 0 fully saturated rings. The first-order chi connectivity index (χ1) is 5.70. The molecular formula is C8H8FN3. The normalized spacial score (nSPS) is 10.8. The van der Waals surface area contributed by atoms with Crippen LogP contribution in [-0.2, 0) is 0 Å². The van der Waals surface area contributed by atoms with Gasteiger partial charge in [-0.25, -0.2) is 9.37 Å². The van der Waals surface area contributed by atoms with Crippen molar-refractivity contribution in [1.82, 2.24) is 9.97 Å². The van der Waals surface area contributed by atoms with E-state index >= 15 is 0 Å². The highest BCUT2D eigenvalue weighted by Crippen LogP contribution is 2.23. The third kappa shape index (κ3) is 0.777. The van der Waals surface area contributed by atoms with Gasteiger partial charge in [0.25, 0.3) is 0 Å². The number of anilines is 1. The number of hydrogen-bond acceptors (Lipinski definition) is 2. The number of aryl methyl sites for hydroxylation is 1. The lowest BCUT2D eigenvalue weighted by Gasteiger charge is -1.96. The van der Waals surface area contributed by atoms with Crippen LogP contribution in [0.2, 0.25) is 0 Å². The van der Waals surface area contributed by atoms with E-state index in [0.717, 1.165) is 0 Å². The van der Waals surface area contributed by atoms with Gasteiger partial charge in [0.2, 0.25) is 0 Å². The van der Waals surface area contributed by atoms with Gasteiger partial charge in [-0.2, -0.15) is 0 Å². The lowest BCUT2D eigenvalue weighted by atomic mass is 10.2. The smallest absolute Gasteiger partial charge is 0.142 e. The number of rotatable bonds is 0. The average Bonchev–Trinajstić information content (AvgIpc) is 2.41. The van der Waals surface area contributed by atoms with Gasteiger partial charge in [-0.3, -0.25) is 0 Å². The van der Waals surface area contributed by atoms with E-state index in [2.05, 4.69) is 9.97 Å². The number of fused-ring (bicyclic) bond motifs is 1. The number of aromatic nitrogens is 2. The first-order valence-electron chi connectivity index (χ1n) is 3.58. The van der Waals surface area contributed by atoms with E-state index < -0.39 is 0 Å². The van der Waals surface area contributed by atoms with Crippen molar-refractivity contribution in [2.75, 3.05) is 5.73 Å². The third-order valence-corrected chi connectivity index (χ3v) is 1.84. The molecule has 0 aliphatic carbocycles. The van der Waals surface area contributed by atoms with Crippen molar-refractivity contribution in [2.24, 2.45) is 0 Å². The summed E-state index contributed by atoms with van der Waals surface area (Å²) in [4.78, 5) is 6.77. The van der Waals surface area contributed by atoms with Crippen LogP contribution < -0.4 is 5.73 Å². The number of H-pyrrole nitrogens is 1. The zero-order chi connectivity index (χ0) is 8.72. The van der Waals surface area contributed by atoms with E-state index in [1.165, 1.54) is 6.20 Å². The molecule has 0 bridgehead atoms. The van der Waals surface area contributed by atoms with E-state index in [9.17, 15) is 4.39 Å². The van der Waals surface area contributed by atoms with Crippen molar-refractivity contribution in [3.63, 3.8) is 0 Å². The molecule has 3 nitrogen and oxygen atoms in total. The van der Waals surface area contributed by atoms with Crippen LogP contribution in [0.4, 0.5) is 10.1 Å². The van der Waals surface area contributed by atoms with Gasteiger partial charge in [0.15, 0.2) is 0 Å². The van der Waals surface area contributed by atoms with Gasteiger partial charge < -0.3 is 10.7 Å². The van der Waals surface area contributed by atoms with Crippen LogP contribution in [0.1, 0.15) is 5.56 Å². The monoisotopic (exact) mass is 165 g/mol. The molecule has 0 aliphatic heterocycles. The van der Waals surface area contributed by atoms with E-state index in [1.807, 2.05) is 0 Å². The number of nitrogens with two attached hydrogens (primary N) is 1. The second-order valence-electron chi connectivity index (χ2n) is 2.72. The van der Waals surface area contributed by atoms with Crippen molar-refractivity contribution in [1.29, 1.82) is 0 Å². The van der Waals surface area contributed by atoms with E-state index in [0.29, 0.717) is 22.3 Å². The first kappa shape index (κ1) is 7.09. The first-order valence-corrected chi connectivity index (χ1v) is 3.58. The Kier molecular flexibility index (Phi) is 1.30. The molecular weight excluding hydrogens is 157 g/mol. The molecule has 2 heterocycles. The maximum Gasteiger partial charge on any atom is 0.142 e. The molecule has 0 saturated carbocycles. The molecule has 0 amide bonds. The minimum atomic E-state index is -0.293. The fourth-order valence-electron chi connectivity index (χ4n) is 1.17. The quantitative estimate of drug-likeness (QED) is 0.622. The molecule has 62 valence electrons. The Morgan fingerprint density at radius 1 is 1.58 bits per heavy atom. The predicted molar refractivity (Wildman–Crippen MR) is 45.2 cm³/mol. The Labute approximate surface area is 68.4 Å². The van der Waals surface area contributed by atoms with Crippen molar-refractivity contribution < 1.29 is 4.39 Å². The van der Waals surface area contributed by atoms with E-state index in [4.69, 9.17) is 5.73 Å². The number of hydrogen-bond donors (Lipinski definition) is 2. The lowest BCUT2D eigenvalue weighted by molar-refractivity contribution is 0.629. The maximum atomic E-state index is 13.4. The minimum Gasteiger partial charge on any atom is -0.397 e. The van der Waals surface area contributed by atoms with Crippen LogP contribution in [0, 0.1) is 12.7 Å². The Hall–Kier alpha value is -1.58. The maximum absolute atomic E-state index is 13.4. The van der Waals surface area contributed by atoms with Gasteiger partial charge in [0.05, 0.1) is 11.1 Å². The number of nitrogens with one attached hydrogen (secondary N) is 1. The molecule has 2 rings (SSSR count). The lowest BCUT2D eigenvalue weighted by Crippen LogP contribution is -1.89. The second kappa shape index (κ2) is 2.20. The highest BCUT2D eigenvalue weighted by atomic mass is 19.1. The summed E-state index contributed by atoms with van der Waals surface area (Å²) in [6.07, 6.45) is 3.02. The fourth-order valence-corrected chi connectivity index (χ4v) is 1.17. The van der Waals surface area contributed by atoms with Crippen molar-refractivity contribution >= 4 is 16.7 Å². The number of aromatic amines is 1. The fraction of sp³-hybridized carbons (Fsp3) is 0.125. The highest BCUT2D eigenvalue weighted by Gasteiger charge is 2.09. The average molecular weight is 165 g/mol. The van der Waals surface area contributed by atoms with Gasteiger partial charge in [0.1, 0.15) is 11.5 Å². The van der Waals surface area contributed by atoms with Gasteiger partial charge in [-0.15, -0.1) is 0 Å². The molecule has 2 aromatic rings. The summed E-state index contributed by atoms with van der Waals surface area (Å²) in [6, 6.07) is 0. The number of halogens is 1. The summed E-state index contributed by atoms with van der Waals surface area (Å²) in [5, 5.41) is 0.384. The summed E-state index contributed by atoms with van der Waals surface area (Å²) < 4.78 is 13.4. The zero-order valence-electron chi connectivity index (χ0n) is 6.56. The molecule has 0 aliphatic rings. The molecule has 0 unspecified atom stereocenters. The van der Waals surface area contributed by atoms with Crippen LogP contribution in [0.3, 0.4) is 0 Å². The van der Waals surface area contributed by atoms with Crippen molar-refractivity contribution in [3.05, 3.63) is 23.8 Å². The summed E-state index contributed by atoms with van der Waals surface area (Å²) in [6.45, 7) is 1.66. The van der Waals surface area contributed by atoms with Crippen LogP contribution >= 0.6 is 0 Å². The Bertz CT molecular complexity index is 433. The standard InChI is InChI=1S/C8H8FN3/c1-4-2-11-8-6(7(4)9)5(10)3-12-8/h2-3H,10H2,1H3,(H,11,12). The number of nitrogens with zero attached hydrogens (tertiary/aromatic N) is 1. The molecule has 2 aromatic heterocycles. The summed E-state index contributed by atoms with van der Waals surface area (Å²) >= 11 is 0. The van der Waals surface area contributed by atoms with Crippen molar-refractivity contribution in [3.8, 4) is 0 Å². The SMILES string of the molecule is Cc1cnc2[nH]cc(N)c2c1F. The van der Waals surface area contributed by atoms with Gasteiger partial charge in [-0.1, -0.05) is 0 Å². The molecule has 0 radical (unpaired) electrons. The topological polar surface area (TPSA) is 54.7 Å². The Balaban J connectivity index is 2.96.